The normalized spacial score (nSPS) is 19.0. The summed E-state index contributed by atoms with van der Waals surface area (Å²) < 4.78 is 0. The molecule has 1 aliphatic heterocycles. The van der Waals surface area contributed by atoms with Gasteiger partial charge in [0.1, 0.15) is 17.9 Å². The Balaban J connectivity index is 1.49. The zero-order valence-electron chi connectivity index (χ0n) is 24.4. The van der Waals surface area contributed by atoms with Gasteiger partial charge in [0.2, 0.25) is 11.8 Å². The number of nitrogens with zero attached hydrogens (tertiary/aromatic N) is 4. The fourth-order valence-corrected chi connectivity index (χ4v) is 6.50. The number of aromatic nitrogens is 3. The molecule has 9 heteroatoms. The number of aryl methyl sites for hydroxylation is 2. The molecule has 9 nitrogen and oxygen atoms in total. The number of H-pyrrole nitrogens is 1. The second kappa shape index (κ2) is 10.7. The van der Waals surface area contributed by atoms with Crippen molar-refractivity contribution in [2.24, 2.45) is 5.41 Å². The third-order valence-corrected chi connectivity index (χ3v) is 8.53. The number of aromatic amines is 1. The number of nitrogens with one attached hydrogen (secondary N) is 2. The predicted molar refractivity (Wildman–Crippen MR) is 162 cm³/mol. The lowest BCUT2D eigenvalue weighted by molar-refractivity contribution is -0.128. The van der Waals surface area contributed by atoms with Crippen LogP contribution >= 0.6 is 0 Å². The van der Waals surface area contributed by atoms with Crippen LogP contribution in [0.25, 0.3) is 10.9 Å². The third kappa shape index (κ3) is 5.04. The van der Waals surface area contributed by atoms with Crippen molar-refractivity contribution in [2.45, 2.75) is 71.5 Å². The van der Waals surface area contributed by atoms with E-state index in [9.17, 15) is 14.4 Å². The van der Waals surface area contributed by atoms with Crippen molar-refractivity contribution in [3.05, 3.63) is 83.7 Å². The average molecular weight is 565 g/mol. The van der Waals surface area contributed by atoms with Crippen LogP contribution in [0.15, 0.2) is 67.0 Å². The van der Waals surface area contributed by atoms with Crippen LogP contribution in [0.1, 0.15) is 62.3 Å². The van der Waals surface area contributed by atoms with E-state index in [2.05, 4.69) is 34.3 Å². The maximum atomic E-state index is 14.9. The van der Waals surface area contributed by atoms with Gasteiger partial charge >= 0.3 is 0 Å². The molecule has 3 amide bonds. The number of anilines is 2. The molecule has 2 aromatic heterocycles. The quantitative estimate of drug-likeness (QED) is 0.323. The number of hydrogen-bond acceptors (Lipinski definition) is 5. The standard InChI is InChI=1S/C33H36N6O3/c1-20-14-15-34-27(16-20)38-26(12-13-28(38)40)32(42)39(25-11-7-9-22-19-35-37-29(22)25)30(24-10-6-5-8-21(24)2)31(41)36-23-17-33(3,4)18-23/h5-11,14-16,19,23,26,30H,12-13,17-18H2,1-4H3,(H,35,37)(H,36,41)/t26-,30?/m0/s1. The molecule has 2 fully saturated rings. The second-order valence-corrected chi connectivity index (χ2v) is 12.4. The van der Waals surface area contributed by atoms with Crippen molar-refractivity contribution in [3.8, 4) is 0 Å². The van der Waals surface area contributed by atoms with Crippen LogP contribution in [0.4, 0.5) is 11.5 Å². The van der Waals surface area contributed by atoms with Crippen molar-refractivity contribution in [2.75, 3.05) is 9.80 Å². The molecule has 2 aliphatic rings. The van der Waals surface area contributed by atoms with Crippen molar-refractivity contribution in [3.63, 3.8) is 0 Å². The molecule has 2 N–H and O–H groups in total. The number of fused-ring (bicyclic) bond motifs is 1. The maximum absolute atomic E-state index is 14.9. The van der Waals surface area contributed by atoms with E-state index in [0.29, 0.717) is 23.4 Å². The minimum Gasteiger partial charge on any atom is -0.351 e. The molecule has 1 unspecified atom stereocenters. The molecule has 2 aromatic carbocycles. The highest BCUT2D eigenvalue weighted by molar-refractivity contribution is 6.13. The highest BCUT2D eigenvalue weighted by atomic mass is 16.2. The Morgan fingerprint density at radius 3 is 2.62 bits per heavy atom. The summed E-state index contributed by atoms with van der Waals surface area (Å²) in [4.78, 5) is 50.0. The van der Waals surface area contributed by atoms with Crippen LogP contribution in [0, 0.1) is 19.3 Å². The Morgan fingerprint density at radius 2 is 1.88 bits per heavy atom. The van der Waals surface area contributed by atoms with Crippen LogP contribution in [0.5, 0.6) is 0 Å². The maximum Gasteiger partial charge on any atom is 0.251 e. The van der Waals surface area contributed by atoms with Crippen LogP contribution < -0.4 is 15.1 Å². The Bertz CT molecular complexity index is 1670. The lowest BCUT2D eigenvalue weighted by atomic mass is 9.68. The van der Waals surface area contributed by atoms with Gasteiger partial charge < -0.3 is 5.32 Å². The van der Waals surface area contributed by atoms with E-state index >= 15 is 0 Å². The van der Waals surface area contributed by atoms with Gasteiger partial charge in [0.25, 0.3) is 5.91 Å². The molecule has 42 heavy (non-hydrogen) atoms. The lowest BCUT2D eigenvalue weighted by Crippen LogP contribution is -2.55. The molecule has 1 saturated carbocycles. The molecule has 0 spiro atoms. The molecular formula is C33H36N6O3. The SMILES string of the molecule is Cc1ccnc(N2C(=O)CC[C@H]2C(=O)N(c2cccc3cn[nH]c23)C(C(=O)NC2CC(C)(C)C2)c2ccccc2C)c1. The number of rotatable bonds is 7. The van der Waals surface area contributed by atoms with Gasteiger partial charge in [0.05, 0.1) is 17.4 Å². The number of carbonyl (C=O) groups is 3. The lowest BCUT2D eigenvalue weighted by Gasteiger charge is -2.44. The first kappa shape index (κ1) is 27.6. The Labute approximate surface area is 245 Å². The van der Waals surface area contributed by atoms with Gasteiger partial charge in [0.15, 0.2) is 0 Å². The summed E-state index contributed by atoms with van der Waals surface area (Å²) in [7, 11) is 0. The summed E-state index contributed by atoms with van der Waals surface area (Å²) in [5.41, 5.74) is 3.89. The second-order valence-electron chi connectivity index (χ2n) is 12.4. The summed E-state index contributed by atoms with van der Waals surface area (Å²) >= 11 is 0. The van der Waals surface area contributed by atoms with E-state index < -0.39 is 12.1 Å². The van der Waals surface area contributed by atoms with Crippen molar-refractivity contribution < 1.29 is 14.4 Å². The molecule has 216 valence electrons. The molecule has 4 aromatic rings. The summed E-state index contributed by atoms with van der Waals surface area (Å²) in [5, 5.41) is 11.3. The van der Waals surface area contributed by atoms with Crippen molar-refractivity contribution >= 4 is 40.1 Å². The number of amides is 3. The van der Waals surface area contributed by atoms with Gasteiger partial charge in [-0.15, -0.1) is 0 Å². The minimum absolute atomic E-state index is 0.0277. The monoisotopic (exact) mass is 564 g/mol. The van der Waals surface area contributed by atoms with E-state index in [1.165, 1.54) is 4.90 Å². The highest BCUT2D eigenvalue weighted by Crippen LogP contribution is 2.41. The van der Waals surface area contributed by atoms with Gasteiger partial charge in [-0.05, 0) is 73.4 Å². The van der Waals surface area contributed by atoms with Crippen molar-refractivity contribution in [1.29, 1.82) is 0 Å². The van der Waals surface area contributed by atoms with Gasteiger partial charge in [0, 0.05) is 24.0 Å². The summed E-state index contributed by atoms with van der Waals surface area (Å²) in [5.74, 6) is -0.327. The first-order chi connectivity index (χ1) is 20.1. The van der Waals surface area contributed by atoms with E-state index in [1.807, 2.05) is 68.4 Å². The Kier molecular flexibility index (Phi) is 7.04. The number of para-hydroxylation sites is 1. The van der Waals surface area contributed by atoms with Crippen LogP contribution in [-0.4, -0.2) is 45.0 Å². The topological polar surface area (TPSA) is 111 Å². The minimum atomic E-state index is -0.973. The average Bonchev–Trinajstić information content (AvgIpc) is 3.57. The summed E-state index contributed by atoms with van der Waals surface area (Å²) in [6.07, 6.45) is 5.61. The molecule has 1 aliphatic carbocycles. The third-order valence-electron chi connectivity index (χ3n) is 8.53. The molecule has 0 bridgehead atoms. The summed E-state index contributed by atoms with van der Waals surface area (Å²) in [6.45, 7) is 8.25. The largest absolute Gasteiger partial charge is 0.351 e. The van der Waals surface area contributed by atoms with E-state index in [0.717, 1.165) is 34.9 Å². The highest BCUT2D eigenvalue weighted by Gasteiger charge is 2.46. The fourth-order valence-electron chi connectivity index (χ4n) is 6.50. The van der Waals surface area contributed by atoms with Gasteiger partial charge in [-0.25, -0.2) is 4.98 Å². The first-order valence-corrected chi connectivity index (χ1v) is 14.5. The van der Waals surface area contributed by atoms with E-state index in [1.54, 1.807) is 17.3 Å². The molecule has 0 radical (unpaired) electrons. The predicted octanol–water partition coefficient (Wildman–Crippen LogP) is 5.15. The van der Waals surface area contributed by atoms with Crippen LogP contribution in [0.2, 0.25) is 0 Å². The number of pyridine rings is 1. The molecule has 2 atom stereocenters. The van der Waals surface area contributed by atoms with E-state index in [-0.39, 0.29) is 35.6 Å². The van der Waals surface area contributed by atoms with Crippen LogP contribution in [0.3, 0.4) is 0 Å². The molecule has 6 rings (SSSR count). The van der Waals surface area contributed by atoms with Gasteiger partial charge in [-0.3, -0.25) is 29.3 Å². The Morgan fingerprint density at radius 1 is 1.10 bits per heavy atom. The number of benzene rings is 2. The van der Waals surface area contributed by atoms with E-state index in [4.69, 9.17) is 0 Å². The van der Waals surface area contributed by atoms with Crippen molar-refractivity contribution in [1.82, 2.24) is 20.5 Å². The number of carbonyl (C=O) groups excluding carboxylic acids is 3. The van der Waals surface area contributed by atoms with Gasteiger partial charge in [-0.2, -0.15) is 5.10 Å². The summed E-state index contributed by atoms with van der Waals surface area (Å²) in [6, 6.07) is 15.1. The fraction of sp³-hybridized carbons (Fsp3) is 0.364. The van der Waals surface area contributed by atoms with Crippen LogP contribution in [-0.2, 0) is 14.4 Å². The number of hydrogen-bond donors (Lipinski definition) is 2. The Hall–Kier alpha value is -4.53. The molecular weight excluding hydrogens is 528 g/mol. The zero-order chi connectivity index (χ0) is 29.6. The first-order valence-electron chi connectivity index (χ1n) is 14.5. The van der Waals surface area contributed by atoms with Gasteiger partial charge in [-0.1, -0.05) is 50.2 Å². The zero-order valence-corrected chi connectivity index (χ0v) is 24.4. The molecule has 3 heterocycles. The molecule has 1 saturated heterocycles. The smallest absolute Gasteiger partial charge is 0.251 e.